The fourth-order valence-electron chi connectivity index (χ4n) is 1.78. The van der Waals surface area contributed by atoms with E-state index in [1.54, 1.807) is 0 Å². The van der Waals surface area contributed by atoms with Crippen molar-refractivity contribution in [2.45, 2.75) is 52.6 Å². The molecule has 1 aromatic rings. The Morgan fingerprint density at radius 3 is 2.65 bits per heavy atom. The van der Waals surface area contributed by atoms with Crippen LogP contribution in [0, 0.1) is 13.8 Å². The van der Waals surface area contributed by atoms with Gasteiger partial charge in [-0.1, -0.05) is 6.92 Å². The maximum Gasteiger partial charge on any atom is 0.222 e. The Bertz CT molecular complexity index is 388. The quantitative estimate of drug-likeness (QED) is 0.852. The molecule has 0 unspecified atom stereocenters. The fraction of sp³-hybridized carbons (Fsp3) is 0.692. The summed E-state index contributed by atoms with van der Waals surface area (Å²) in [4.78, 5) is 8.81. The summed E-state index contributed by atoms with van der Waals surface area (Å²) in [5.74, 6) is 2.43. The second-order valence-corrected chi connectivity index (χ2v) is 4.65. The molecular formula is C13H21N3O. The zero-order chi connectivity index (χ0) is 12.3. The number of nitrogens with one attached hydrogen (secondary N) is 1. The molecule has 0 amide bonds. The first kappa shape index (κ1) is 12.1. The minimum atomic E-state index is 0.363. The molecular weight excluding hydrogens is 214 g/mol. The van der Waals surface area contributed by atoms with Crippen LogP contribution in [0.1, 0.15) is 44.0 Å². The topological polar surface area (TPSA) is 47.0 Å². The highest BCUT2D eigenvalue weighted by molar-refractivity contribution is 5.48. The zero-order valence-corrected chi connectivity index (χ0v) is 10.9. The zero-order valence-electron chi connectivity index (χ0n) is 10.9. The predicted molar refractivity (Wildman–Crippen MR) is 68.6 cm³/mol. The molecule has 2 rings (SSSR count). The number of aryl methyl sites for hydroxylation is 1. The van der Waals surface area contributed by atoms with Gasteiger partial charge in [0.15, 0.2) is 0 Å². The minimum Gasteiger partial charge on any atom is -0.474 e. The van der Waals surface area contributed by atoms with Crippen molar-refractivity contribution in [2.24, 2.45) is 0 Å². The van der Waals surface area contributed by atoms with E-state index in [2.05, 4.69) is 22.2 Å². The highest BCUT2D eigenvalue weighted by Gasteiger charge is 2.21. The van der Waals surface area contributed by atoms with Gasteiger partial charge in [0.25, 0.3) is 0 Å². The molecule has 0 aromatic carbocycles. The van der Waals surface area contributed by atoms with Crippen LogP contribution in [-0.2, 0) is 0 Å². The average molecular weight is 235 g/mol. The average Bonchev–Trinajstić information content (AvgIpc) is 2.25. The van der Waals surface area contributed by atoms with E-state index in [4.69, 9.17) is 4.74 Å². The van der Waals surface area contributed by atoms with Crippen LogP contribution in [0.5, 0.6) is 5.88 Å². The van der Waals surface area contributed by atoms with E-state index in [-0.39, 0.29) is 0 Å². The van der Waals surface area contributed by atoms with Crippen LogP contribution in [-0.4, -0.2) is 22.6 Å². The first-order valence-corrected chi connectivity index (χ1v) is 6.46. The molecule has 1 heterocycles. The third-order valence-electron chi connectivity index (χ3n) is 3.09. The summed E-state index contributed by atoms with van der Waals surface area (Å²) in [6.07, 6.45) is 5.03. The number of anilines is 1. The van der Waals surface area contributed by atoms with Crippen molar-refractivity contribution < 1.29 is 4.74 Å². The van der Waals surface area contributed by atoms with Crippen molar-refractivity contribution in [3.63, 3.8) is 0 Å². The highest BCUT2D eigenvalue weighted by Crippen LogP contribution is 2.28. The third kappa shape index (κ3) is 2.87. The molecule has 0 saturated heterocycles. The molecule has 0 radical (unpaired) electrons. The Morgan fingerprint density at radius 1 is 1.29 bits per heavy atom. The number of hydrogen-bond acceptors (Lipinski definition) is 4. The molecule has 1 aliphatic carbocycles. The van der Waals surface area contributed by atoms with Gasteiger partial charge in [-0.2, -0.15) is 4.98 Å². The number of hydrogen-bond donors (Lipinski definition) is 1. The summed E-state index contributed by atoms with van der Waals surface area (Å²) in [6.45, 7) is 7.00. The van der Waals surface area contributed by atoms with E-state index in [0.717, 1.165) is 48.9 Å². The molecule has 0 spiro atoms. The van der Waals surface area contributed by atoms with Gasteiger partial charge in [0.05, 0.1) is 5.56 Å². The lowest BCUT2D eigenvalue weighted by Gasteiger charge is -2.26. The van der Waals surface area contributed by atoms with E-state index in [9.17, 15) is 0 Å². The summed E-state index contributed by atoms with van der Waals surface area (Å²) >= 11 is 0. The number of ether oxygens (including phenoxy) is 1. The molecule has 1 N–H and O–H groups in total. The largest absolute Gasteiger partial charge is 0.474 e. The van der Waals surface area contributed by atoms with Gasteiger partial charge in [-0.05, 0) is 39.5 Å². The molecule has 17 heavy (non-hydrogen) atoms. The second kappa shape index (κ2) is 5.34. The molecule has 1 saturated carbocycles. The molecule has 1 aliphatic rings. The van der Waals surface area contributed by atoms with Crippen molar-refractivity contribution >= 4 is 5.82 Å². The maximum atomic E-state index is 5.89. The van der Waals surface area contributed by atoms with Crippen LogP contribution in [0.25, 0.3) is 0 Å². The smallest absolute Gasteiger partial charge is 0.222 e. The van der Waals surface area contributed by atoms with Crippen LogP contribution in [0.4, 0.5) is 5.82 Å². The van der Waals surface area contributed by atoms with Crippen LogP contribution >= 0.6 is 0 Å². The lowest BCUT2D eigenvalue weighted by Crippen LogP contribution is -2.25. The SMILES string of the molecule is CCCNc1nc(C)nc(OC2CCC2)c1C. The van der Waals surface area contributed by atoms with Crippen LogP contribution < -0.4 is 10.1 Å². The summed E-state index contributed by atoms with van der Waals surface area (Å²) in [5, 5.41) is 3.32. The van der Waals surface area contributed by atoms with Gasteiger partial charge >= 0.3 is 0 Å². The van der Waals surface area contributed by atoms with Crippen molar-refractivity contribution in [2.75, 3.05) is 11.9 Å². The van der Waals surface area contributed by atoms with E-state index >= 15 is 0 Å². The lowest BCUT2D eigenvalue weighted by atomic mass is 9.96. The monoisotopic (exact) mass is 235 g/mol. The predicted octanol–water partition coefficient (Wildman–Crippen LogP) is 2.85. The fourth-order valence-corrected chi connectivity index (χ4v) is 1.78. The molecule has 4 heteroatoms. The van der Waals surface area contributed by atoms with Crippen LogP contribution in [0.15, 0.2) is 0 Å². The number of rotatable bonds is 5. The first-order chi connectivity index (χ1) is 8.20. The number of aromatic nitrogens is 2. The van der Waals surface area contributed by atoms with Crippen molar-refractivity contribution in [3.05, 3.63) is 11.4 Å². The number of nitrogens with zero attached hydrogens (tertiary/aromatic N) is 2. The summed E-state index contributed by atoms with van der Waals surface area (Å²) < 4.78 is 5.89. The van der Waals surface area contributed by atoms with Crippen LogP contribution in [0.3, 0.4) is 0 Å². The molecule has 0 atom stereocenters. The molecule has 1 aromatic heterocycles. The van der Waals surface area contributed by atoms with Crippen molar-refractivity contribution in [3.8, 4) is 5.88 Å². The van der Waals surface area contributed by atoms with Crippen LogP contribution in [0.2, 0.25) is 0 Å². The van der Waals surface area contributed by atoms with Gasteiger partial charge in [0.1, 0.15) is 17.7 Å². The van der Waals surface area contributed by atoms with E-state index in [1.807, 2.05) is 13.8 Å². The Balaban J connectivity index is 2.15. The minimum absolute atomic E-state index is 0.363. The van der Waals surface area contributed by atoms with E-state index in [0.29, 0.717) is 6.10 Å². The highest BCUT2D eigenvalue weighted by atomic mass is 16.5. The normalized spacial score (nSPS) is 15.5. The Kier molecular flexibility index (Phi) is 3.82. The maximum absolute atomic E-state index is 5.89. The Hall–Kier alpha value is -1.32. The van der Waals surface area contributed by atoms with Gasteiger partial charge in [0, 0.05) is 6.54 Å². The first-order valence-electron chi connectivity index (χ1n) is 6.46. The molecule has 0 bridgehead atoms. The lowest BCUT2D eigenvalue weighted by molar-refractivity contribution is 0.113. The third-order valence-corrected chi connectivity index (χ3v) is 3.09. The van der Waals surface area contributed by atoms with Gasteiger partial charge in [-0.3, -0.25) is 0 Å². The van der Waals surface area contributed by atoms with E-state index in [1.165, 1.54) is 6.42 Å². The molecule has 94 valence electrons. The summed E-state index contributed by atoms with van der Waals surface area (Å²) in [6, 6.07) is 0. The van der Waals surface area contributed by atoms with Crippen molar-refractivity contribution in [1.82, 2.24) is 9.97 Å². The second-order valence-electron chi connectivity index (χ2n) is 4.65. The van der Waals surface area contributed by atoms with Gasteiger partial charge in [0.2, 0.25) is 5.88 Å². The van der Waals surface area contributed by atoms with Gasteiger partial charge in [-0.25, -0.2) is 4.98 Å². The molecule has 0 aliphatic heterocycles. The Labute approximate surface area is 103 Å². The molecule has 4 nitrogen and oxygen atoms in total. The Morgan fingerprint density at radius 2 is 2.06 bits per heavy atom. The van der Waals surface area contributed by atoms with Gasteiger partial charge in [-0.15, -0.1) is 0 Å². The summed E-state index contributed by atoms with van der Waals surface area (Å²) in [5.41, 5.74) is 1.02. The van der Waals surface area contributed by atoms with E-state index < -0.39 is 0 Å². The van der Waals surface area contributed by atoms with Crippen molar-refractivity contribution in [1.29, 1.82) is 0 Å². The summed E-state index contributed by atoms with van der Waals surface area (Å²) in [7, 11) is 0. The standard InChI is InChI=1S/C13H21N3O/c1-4-8-14-12-9(2)13(16-10(3)15-12)17-11-6-5-7-11/h11H,4-8H2,1-3H3,(H,14,15,16). The van der Waals surface area contributed by atoms with Gasteiger partial charge < -0.3 is 10.1 Å². The molecule has 1 fully saturated rings.